The fourth-order valence-corrected chi connectivity index (χ4v) is 10.0. The molecular formula is C61H37F5N2. The summed E-state index contributed by atoms with van der Waals surface area (Å²) in [4.78, 5) is 0. The normalized spacial score (nSPS) is 11.9. The zero-order chi connectivity index (χ0) is 46.1. The van der Waals surface area contributed by atoms with Crippen LogP contribution in [0.3, 0.4) is 0 Å². The minimum Gasteiger partial charge on any atom is -0.309 e. The maximum Gasteiger partial charge on any atom is 0.420 e. The molecule has 0 unspecified atom stereocenters. The van der Waals surface area contributed by atoms with Crippen LogP contribution in [0.2, 0.25) is 0 Å². The highest BCUT2D eigenvalue weighted by Gasteiger charge is 2.41. The van der Waals surface area contributed by atoms with E-state index < -0.39 is 34.6 Å². The molecule has 0 fully saturated rings. The zero-order valence-electron chi connectivity index (χ0n) is 36.1. The van der Waals surface area contributed by atoms with E-state index in [9.17, 15) is 0 Å². The minimum absolute atomic E-state index is 0.190. The second-order valence-electron chi connectivity index (χ2n) is 17.0. The molecule has 7 heteroatoms. The summed E-state index contributed by atoms with van der Waals surface area (Å²) in [7, 11) is 0. The Morgan fingerprint density at radius 1 is 0.309 bits per heavy atom. The Morgan fingerprint density at radius 3 is 0.985 bits per heavy atom. The summed E-state index contributed by atoms with van der Waals surface area (Å²) in [5, 5.41) is 2.85. The van der Waals surface area contributed by atoms with Gasteiger partial charge in [0.1, 0.15) is 17.2 Å². The SMILES string of the molecule is Fc1cccc(F)c1-c1ccc(-n2c3ccc(-c4ccccc4)cc3c3cc(-c4ccccc4)ccc32)c(C(F)(F)F)c1-n1c2ccc(-c3ccccc3)cc2c2cc(-c3ccccc3)ccc21. The van der Waals surface area contributed by atoms with E-state index in [1.165, 1.54) is 18.2 Å². The highest BCUT2D eigenvalue weighted by atomic mass is 19.4. The van der Waals surface area contributed by atoms with Crippen molar-refractivity contribution in [1.29, 1.82) is 0 Å². The first kappa shape index (κ1) is 40.9. The van der Waals surface area contributed by atoms with Crippen molar-refractivity contribution in [2.45, 2.75) is 6.18 Å². The molecule has 2 heterocycles. The zero-order valence-corrected chi connectivity index (χ0v) is 36.1. The molecule has 2 aromatic heterocycles. The van der Waals surface area contributed by atoms with E-state index in [1.54, 1.807) is 9.13 Å². The maximum absolute atomic E-state index is 16.9. The van der Waals surface area contributed by atoms with Crippen LogP contribution in [0.4, 0.5) is 22.0 Å². The first-order valence-electron chi connectivity index (χ1n) is 22.3. The van der Waals surface area contributed by atoms with Gasteiger partial charge in [0, 0.05) is 27.1 Å². The van der Waals surface area contributed by atoms with Gasteiger partial charge in [0.2, 0.25) is 0 Å². The van der Waals surface area contributed by atoms with Gasteiger partial charge in [-0.25, -0.2) is 8.78 Å². The summed E-state index contributed by atoms with van der Waals surface area (Å²) in [5.41, 5.74) is 6.83. The molecule has 0 radical (unpaired) electrons. The fourth-order valence-electron chi connectivity index (χ4n) is 10.0. The van der Waals surface area contributed by atoms with Crippen molar-refractivity contribution >= 4 is 43.6 Å². The molecule has 0 atom stereocenters. The van der Waals surface area contributed by atoms with Crippen LogP contribution in [0.1, 0.15) is 5.56 Å². The molecule has 0 aliphatic rings. The number of rotatable bonds is 7. The number of alkyl halides is 3. The summed E-state index contributed by atoms with van der Waals surface area (Å²) < 4.78 is 86.6. The number of hydrogen-bond donors (Lipinski definition) is 0. The Kier molecular flexibility index (Phi) is 9.69. The van der Waals surface area contributed by atoms with E-state index in [1.807, 2.05) is 194 Å². The number of fused-ring (bicyclic) bond motifs is 6. The van der Waals surface area contributed by atoms with E-state index in [-0.39, 0.29) is 11.3 Å². The molecule has 0 saturated carbocycles. The summed E-state index contributed by atoms with van der Waals surface area (Å²) >= 11 is 0. The van der Waals surface area contributed by atoms with Crippen LogP contribution in [0, 0.1) is 11.6 Å². The predicted octanol–water partition coefficient (Wildman–Crippen LogP) is 17.5. The Labute approximate surface area is 388 Å². The second kappa shape index (κ2) is 16.1. The van der Waals surface area contributed by atoms with Gasteiger partial charge in [-0.1, -0.05) is 152 Å². The van der Waals surface area contributed by atoms with Crippen LogP contribution >= 0.6 is 0 Å². The van der Waals surface area contributed by atoms with Gasteiger partial charge in [-0.3, -0.25) is 0 Å². The molecule has 0 saturated heterocycles. The van der Waals surface area contributed by atoms with Crippen molar-refractivity contribution in [2.24, 2.45) is 0 Å². The van der Waals surface area contributed by atoms with E-state index in [2.05, 4.69) is 0 Å². The van der Waals surface area contributed by atoms with Gasteiger partial charge in [-0.05, 0) is 117 Å². The lowest BCUT2D eigenvalue weighted by Gasteiger charge is -2.24. The standard InChI is InChI=1S/C61H37F5N2/c62-51-22-13-23-52(63)58(51)46-28-33-57(67-53-29-24-42(38-14-5-1-6-15-38)34-47(53)48-35-43(25-30-54(48)67)39-16-7-2-8-17-39)59(61(64,65)66)60(46)68-55-31-26-44(40-18-9-3-10-19-40)36-49(55)50-37-45(27-32-56(50)68)41-20-11-4-12-21-41/h1-37H. The molecule has 0 spiro atoms. The smallest absolute Gasteiger partial charge is 0.309 e. The molecule has 12 aromatic rings. The Morgan fingerprint density at radius 2 is 0.647 bits per heavy atom. The molecule has 2 nitrogen and oxygen atoms in total. The fraction of sp³-hybridized carbons (Fsp3) is 0.0164. The quantitative estimate of drug-likeness (QED) is 0.141. The van der Waals surface area contributed by atoms with Gasteiger partial charge in [0.05, 0.1) is 39.0 Å². The second-order valence-corrected chi connectivity index (χ2v) is 17.0. The van der Waals surface area contributed by atoms with Gasteiger partial charge < -0.3 is 9.13 Å². The van der Waals surface area contributed by atoms with Crippen LogP contribution < -0.4 is 0 Å². The van der Waals surface area contributed by atoms with Crippen LogP contribution in [-0.2, 0) is 6.18 Å². The number of halogens is 5. The average Bonchev–Trinajstić information content (AvgIpc) is 3.88. The molecule has 326 valence electrons. The molecule has 0 aliphatic carbocycles. The van der Waals surface area contributed by atoms with Gasteiger partial charge >= 0.3 is 6.18 Å². The third-order valence-electron chi connectivity index (χ3n) is 13.1. The first-order valence-corrected chi connectivity index (χ1v) is 22.3. The van der Waals surface area contributed by atoms with Gasteiger partial charge in [-0.15, -0.1) is 0 Å². The molecule has 0 N–H and O–H groups in total. The number of nitrogens with zero attached hydrogens (tertiary/aromatic N) is 2. The summed E-state index contributed by atoms with van der Waals surface area (Å²) in [6.45, 7) is 0. The van der Waals surface area contributed by atoms with Crippen LogP contribution in [0.15, 0.2) is 224 Å². The number of aromatic nitrogens is 2. The molecule has 0 amide bonds. The Bertz CT molecular complexity index is 3680. The van der Waals surface area contributed by atoms with E-state index in [0.717, 1.165) is 67.4 Å². The molecule has 12 rings (SSSR count). The van der Waals surface area contributed by atoms with Crippen molar-refractivity contribution in [3.63, 3.8) is 0 Å². The average molecular weight is 893 g/mol. The lowest BCUT2D eigenvalue weighted by molar-refractivity contribution is -0.137. The minimum atomic E-state index is -5.06. The summed E-state index contributed by atoms with van der Waals surface area (Å²) in [5.74, 6) is -1.96. The van der Waals surface area contributed by atoms with Crippen LogP contribution in [0.25, 0.3) is 111 Å². The molecule has 0 aliphatic heterocycles. The van der Waals surface area contributed by atoms with Crippen molar-refractivity contribution in [2.75, 3.05) is 0 Å². The Balaban J connectivity index is 1.22. The molecule has 0 bridgehead atoms. The van der Waals surface area contributed by atoms with E-state index in [0.29, 0.717) is 32.8 Å². The topological polar surface area (TPSA) is 9.86 Å². The maximum atomic E-state index is 16.9. The van der Waals surface area contributed by atoms with Gasteiger partial charge in [-0.2, -0.15) is 13.2 Å². The van der Waals surface area contributed by atoms with E-state index >= 15 is 22.0 Å². The molecule has 10 aromatic carbocycles. The largest absolute Gasteiger partial charge is 0.420 e. The van der Waals surface area contributed by atoms with Crippen molar-refractivity contribution in [1.82, 2.24) is 9.13 Å². The van der Waals surface area contributed by atoms with Crippen molar-refractivity contribution in [3.8, 4) is 67.0 Å². The van der Waals surface area contributed by atoms with Gasteiger partial charge in [0.25, 0.3) is 0 Å². The number of hydrogen-bond acceptors (Lipinski definition) is 0. The van der Waals surface area contributed by atoms with E-state index in [4.69, 9.17) is 0 Å². The molecular weight excluding hydrogens is 856 g/mol. The predicted molar refractivity (Wildman–Crippen MR) is 267 cm³/mol. The lowest BCUT2D eigenvalue weighted by atomic mass is 9.96. The monoisotopic (exact) mass is 892 g/mol. The third-order valence-corrected chi connectivity index (χ3v) is 13.1. The highest BCUT2D eigenvalue weighted by molar-refractivity contribution is 6.14. The Hall–Kier alpha value is -8.55. The summed E-state index contributed by atoms with van der Waals surface area (Å²) in [6, 6.07) is 68.4. The first-order chi connectivity index (χ1) is 33.2. The van der Waals surface area contributed by atoms with Crippen LogP contribution in [-0.4, -0.2) is 9.13 Å². The van der Waals surface area contributed by atoms with Gasteiger partial charge in [0.15, 0.2) is 0 Å². The number of benzene rings is 10. The van der Waals surface area contributed by atoms with Crippen molar-refractivity contribution in [3.05, 3.63) is 242 Å². The molecule has 68 heavy (non-hydrogen) atoms. The van der Waals surface area contributed by atoms with Crippen LogP contribution in [0.5, 0.6) is 0 Å². The van der Waals surface area contributed by atoms with Crippen molar-refractivity contribution < 1.29 is 22.0 Å². The third kappa shape index (κ3) is 6.77. The summed E-state index contributed by atoms with van der Waals surface area (Å²) in [6.07, 6.45) is -5.06. The lowest BCUT2D eigenvalue weighted by Crippen LogP contribution is -2.17. The highest BCUT2D eigenvalue weighted by Crippen LogP contribution is 2.49.